The van der Waals surface area contributed by atoms with E-state index in [1.165, 1.54) is 5.56 Å². The number of aliphatic hydroxyl groups is 1. The fraction of sp³-hybridized carbons (Fsp3) is 0.364. The number of rotatable bonds is 4. The summed E-state index contributed by atoms with van der Waals surface area (Å²) in [7, 11) is 0. The van der Waals surface area contributed by atoms with Gasteiger partial charge in [-0.2, -0.15) is 0 Å². The van der Waals surface area contributed by atoms with Crippen LogP contribution >= 0.6 is 12.2 Å². The first-order valence-corrected chi connectivity index (χ1v) is 5.36. The van der Waals surface area contributed by atoms with Crippen LogP contribution < -0.4 is 10.6 Å². The highest BCUT2D eigenvalue weighted by Crippen LogP contribution is 2.15. The Hall–Kier alpha value is -1.13. The topological polar surface area (TPSA) is 49.5 Å². The van der Waals surface area contributed by atoms with Crippen molar-refractivity contribution in [1.82, 2.24) is 0 Å². The first kappa shape index (κ1) is 11.9. The number of benzene rings is 1. The van der Waals surface area contributed by atoms with Gasteiger partial charge in [-0.25, -0.2) is 0 Å². The highest BCUT2D eigenvalue weighted by Gasteiger charge is 2.07. The Morgan fingerprint density at radius 3 is 2.40 bits per heavy atom. The SMILES string of the molecule is CCc1ccc(N(CCO)C(N)=S)cc1. The van der Waals surface area contributed by atoms with Crippen LogP contribution in [0.15, 0.2) is 24.3 Å². The molecule has 0 aliphatic rings. The van der Waals surface area contributed by atoms with Gasteiger partial charge in [0.2, 0.25) is 0 Å². The van der Waals surface area contributed by atoms with Crippen molar-refractivity contribution in [2.24, 2.45) is 5.73 Å². The second-order valence-corrected chi connectivity index (χ2v) is 3.65. The summed E-state index contributed by atoms with van der Waals surface area (Å²) in [6.07, 6.45) is 1.01. The van der Waals surface area contributed by atoms with Gasteiger partial charge in [-0.05, 0) is 36.3 Å². The predicted molar refractivity (Wildman–Crippen MR) is 67.0 cm³/mol. The molecule has 0 bridgehead atoms. The Kier molecular flexibility index (Phi) is 4.52. The Morgan fingerprint density at radius 1 is 1.40 bits per heavy atom. The Morgan fingerprint density at radius 2 is 2.00 bits per heavy atom. The van der Waals surface area contributed by atoms with Crippen molar-refractivity contribution < 1.29 is 5.11 Å². The van der Waals surface area contributed by atoms with Gasteiger partial charge in [0, 0.05) is 12.2 Å². The minimum atomic E-state index is 0.0346. The zero-order valence-electron chi connectivity index (χ0n) is 8.81. The molecule has 1 aromatic carbocycles. The number of nitrogens with zero attached hydrogens (tertiary/aromatic N) is 1. The van der Waals surface area contributed by atoms with Crippen LogP contribution in [0.1, 0.15) is 12.5 Å². The number of thiocarbonyl (C=S) groups is 1. The predicted octanol–water partition coefficient (Wildman–Crippen LogP) is 1.29. The van der Waals surface area contributed by atoms with Gasteiger partial charge in [0.25, 0.3) is 0 Å². The maximum absolute atomic E-state index is 8.89. The molecule has 0 aliphatic carbocycles. The fourth-order valence-corrected chi connectivity index (χ4v) is 1.57. The Labute approximate surface area is 95.5 Å². The summed E-state index contributed by atoms with van der Waals surface area (Å²) in [5, 5.41) is 9.18. The number of aliphatic hydroxyl groups excluding tert-OH is 1. The highest BCUT2D eigenvalue weighted by atomic mass is 32.1. The molecule has 0 fully saturated rings. The molecule has 0 unspecified atom stereocenters. The average molecular weight is 224 g/mol. The smallest absolute Gasteiger partial charge is 0.170 e. The van der Waals surface area contributed by atoms with Gasteiger partial charge >= 0.3 is 0 Å². The third-order valence-corrected chi connectivity index (χ3v) is 2.47. The maximum atomic E-state index is 8.89. The van der Waals surface area contributed by atoms with Crippen LogP contribution in [-0.4, -0.2) is 23.4 Å². The van der Waals surface area contributed by atoms with Gasteiger partial charge in [0.05, 0.1) is 6.61 Å². The zero-order chi connectivity index (χ0) is 11.3. The molecule has 82 valence electrons. The molecule has 0 saturated carbocycles. The minimum absolute atomic E-state index is 0.0346. The van der Waals surface area contributed by atoms with Crippen molar-refractivity contribution in [3.8, 4) is 0 Å². The van der Waals surface area contributed by atoms with Crippen LogP contribution in [0.3, 0.4) is 0 Å². The third-order valence-electron chi connectivity index (χ3n) is 2.25. The Balaban J connectivity index is 2.86. The lowest BCUT2D eigenvalue weighted by Gasteiger charge is -2.21. The molecule has 0 spiro atoms. The van der Waals surface area contributed by atoms with E-state index in [0.717, 1.165) is 12.1 Å². The van der Waals surface area contributed by atoms with Crippen molar-refractivity contribution in [2.75, 3.05) is 18.1 Å². The van der Waals surface area contributed by atoms with Crippen LogP contribution in [0, 0.1) is 0 Å². The second-order valence-electron chi connectivity index (χ2n) is 3.23. The minimum Gasteiger partial charge on any atom is -0.395 e. The number of aryl methyl sites for hydroxylation is 1. The molecule has 3 nitrogen and oxygen atoms in total. The summed E-state index contributed by atoms with van der Waals surface area (Å²) < 4.78 is 0. The number of nitrogens with two attached hydrogens (primary N) is 1. The summed E-state index contributed by atoms with van der Waals surface area (Å²) in [4.78, 5) is 1.72. The standard InChI is InChI=1S/C11H16N2OS/c1-2-9-3-5-10(6-4-9)13(7-8-14)11(12)15/h3-6,14H,2,7-8H2,1H3,(H2,12,15). The zero-order valence-corrected chi connectivity index (χ0v) is 9.63. The highest BCUT2D eigenvalue weighted by molar-refractivity contribution is 7.80. The summed E-state index contributed by atoms with van der Waals surface area (Å²) >= 11 is 4.92. The van der Waals surface area contributed by atoms with Crippen molar-refractivity contribution in [3.05, 3.63) is 29.8 Å². The molecular weight excluding hydrogens is 208 g/mol. The number of hydrogen-bond donors (Lipinski definition) is 2. The summed E-state index contributed by atoms with van der Waals surface area (Å²) in [6, 6.07) is 8.01. The molecular formula is C11H16N2OS. The molecule has 0 aromatic heterocycles. The number of hydrogen-bond acceptors (Lipinski definition) is 2. The lowest BCUT2D eigenvalue weighted by atomic mass is 10.1. The van der Waals surface area contributed by atoms with Crippen LogP contribution in [0.5, 0.6) is 0 Å². The van der Waals surface area contributed by atoms with Crippen LogP contribution in [0.2, 0.25) is 0 Å². The molecule has 0 atom stereocenters. The van der Waals surface area contributed by atoms with Crippen molar-refractivity contribution in [3.63, 3.8) is 0 Å². The van der Waals surface area contributed by atoms with E-state index in [9.17, 15) is 0 Å². The van der Waals surface area contributed by atoms with Crippen LogP contribution in [0.25, 0.3) is 0 Å². The molecule has 0 heterocycles. The lowest BCUT2D eigenvalue weighted by molar-refractivity contribution is 0.306. The Bertz CT molecular complexity index is 324. The van der Waals surface area contributed by atoms with E-state index in [2.05, 4.69) is 6.92 Å². The molecule has 0 aliphatic heterocycles. The van der Waals surface area contributed by atoms with Gasteiger partial charge in [-0.15, -0.1) is 0 Å². The lowest BCUT2D eigenvalue weighted by Crippen LogP contribution is -2.37. The summed E-state index contributed by atoms with van der Waals surface area (Å²) in [6.45, 7) is 2.57. The molecule has 15 heavy (non-hydrogen) atoms. The van der Waals surface area contributed by atoms with Gasteiger partial charge in [-0.1, -0.05) is 19.1 Å². The van der Waals surface area contributed by atoms with Gasteiger partial charge in [-0.3, -0.25) is 0 Å². The van der Waals surface area contributed by atoms with Crippen molar-refractivity contribution in [1.29, 1.82) is 0 Å². The van der Waals surface area contributed by atoms with Gasteiger partial charge < -0.3 is 15.7 Å². The van der Waals surface area contributed by atoms with Gasteiger partial charge in [0.1, 0.15) is 0 Å². The first-order chi connectivity index (χ1) is 7.19. The molecule has 0 radical (unpaired) electrons. The molecule has 0 saturated heterocycles. The van der Waals surface area contributed by atoms with E-state index in [4.69, 9.17) is 23.1 Å². The van der Waals surface area contributed by atoms with E-state index >= 15 is 0 Å². The van der Waals surface area contributed by atoms with E-state index in [-0.39, 0.29) is 11.7 Å². The average Bonchev–Trinajstić information content (AvgIpc) is 2.26. The maximum Gasteiger partial charge on any atom is 0.170 e. The van der Waals surface area contributed by atoms with Crippen molar-refractivity contribution >= 4 is 23.0 Å². The second kappa shape index (κ2) is 5.68. The molecule has 4 heteroatoms. The number of anilines is 1. The largest absolute Gasteiger partial charge is 0.395 e. The monoisotopic (exact) mass is 224 g/mol. The van der Waals surface area contributed by atoms with Crippen LogP contribution in [-0.2, 0) is 6.42 Å². The van der Waals surface area contributed by atoms with E-state index < -0.39 is 0 Å². The molecule has 1 rings (SSSR count). The third kappa shape index (κ3) is 3.18. The normalized spacial score (nSPS) is 10.0. The van der Waals surface area contributed by atoms with E-state index in [1.54, 1.807) is 4.90 Å². The first-order valence-electron chi connectivity index (χ1n) is 4.95. The molecule has 1 aromatic rings. The van der Waals surface area contributed by atoms with Crippen LogP contribution in [0.4, 0.5) is 5.69 Å². The van der Waals surface area contributed by atoms with E-state index in [1.807, 2.05) is 24.3 Å². The fourth-order valence-electron chi connectivity index (χ4n) is 1.38. The molecule has 3 N–H and O–H groups in total. The molecule has 0 amide bonds. The summed E-state index contributed by atoms with van der Waals surface area (Å²) in [5.74, 6) is 0. The van der Waals surface area contributed by atoms with E-state index in [0.29, 0.717) is 6.54 Å². The van der Waals surface area contributed by atoms with Gasteiger partial charge in [0.15, 0.2) is 5.11 Å². The summed E-state index contributed by atoms with van der Waals surface area (Å²) in [5.41, 5.74) is 7.77. The van der Waals surface area contributed by atoms with Crippen molar-refractivity contribution in [2.45, 2.75) is 13.3 Å². The quantitative estimate of drug-likeness (QED) is 0.757.